The van der Waals surface area contributed by atoms with E-state index in [0.29, 0.717) is 35.1 Å². The Hall–Kier alpha value is -1.66. The van der Waals surface area contributed by atoms with Gasteiger partial charge in [0.05, 0.1) is 6.54 Å². The zero-order valence-corrected chi connectivity index (χ0v) is 16.4. The highest BCUT2D eigenvalue weighted by molar-refractivity contribution is 6.30. The molecule has 0 unspecified atom stereocenters. The maximum Gasteiger partial charge on any atom is 0.269 e. The van der Waals surface area contributed by atoms with Crippen molar-refractivity contribution in [1.82, 2.24) is 20.5 Å². The van der Waals surface area contributed by atoms with Crippen molar-refractivity contribution in [2.45, 2.75) is 39.2 Å². The topological polar surface area (TPSA) is 74.3 Å². The van der Waals surface area contributed by atoms with Gasteiger partial charge in [-0.25, -0.2) is 0 Å². The number of aromatic nitrogens is 1. The molecule has 0 bridgehead atoms. The highest BCUT2D eigenvalue weighted by Gasteiger charge is 2.52. The lowest BCUT2D eigenvalue weighted by Crippen LogP contribution is -2.64. The Morgan fingerprint density at radius 3 is 2.65 bits per heavy atom. The first-order chi connectivity index (χ1) is 12.1. The molecule has 1 aliphatic heterocycles. The van der Waals surface area contributed by atoms with Crippen LogP contribution in [0, 0.1) is 11.3 Å². The van der Waals surface area contributed by atoms with Crippen molar-refractivity contribution in [2.24, 2.45) is 11.3 Å². The van der Waals surface area contributed by atoms with Gasteiger partial charge in [0, 0.05) is 36.4 Å². The second-order valence-electron chi connectivity index (χ2n) is 8.79. The van der Waals surface area contributed by atoms with Gasteiger partial charge in [-0.15, -0.1) is 0 Å². The molecule has 1 saturated carbocycles. The van der Waals surface area contributed by atoms with Crippen molar-refractivity contribution in [3.05, 3.63) is 29.0 Å². The highest BCUT2D eigenvalue weighted by atomic mass is 35.5. The average molecular weight is 379 g/mol. The van der Waals surface area contributed by atoms with Crippen molar-refractivity contribution in [3.8, 4) is 0 Å². The molecule has 1 spiro atoms. The zero-order valence-electron chi connectivity index (χ0n) is 15.6. The van der Waals surface area contributed by atoms with Gasteiger partial charge in [0.15, 0.2) is 0 Å². The van der Waals surface area contributed by atoms with Crippen LogP contribution < -0.4 is 10.6 Å². The van der Waals surface area contributed by atoms with E-state index in [0.717, 1.165) is 25.9 Å². The molecule has 7 heteroatoms. The lowest BCUT2D eigenvalue weighted by Gasteiger charge is -2.59. The quantitative estimate of drug-likeness (QED) is 0.822. The fraction of sp³-hybridized carbons (Fsp3) is 0.632. The minimum Gasteiger partial charge on any atom is -0.350 e. The van der Waals surface area contributed by atoms with Gasteiger partial charge in [0.1, 0.15) is 5.69 Å². The first kappa shape index (κ1) is 19.1. The molecule has 142 valence electrons. The van der Waals surface area contributed by atoms with Crippen LogP contribution in [0.2, 0.25) is 5.02 Å². The molecule has 26 heavy (non-hydrogen) atoms. The number of pyridine rings is 1. The summed E-state index contributed by atoms with van der Waals surface area (Å²) in [6, 6.07) is 3.23. The summed E-state index contributed by atoms with van der Waals surface area (Å²) in [4.78, 5) is 30.3. The Kier molecular flexibility index (Phi) is 5.26. The van der Waals surface area contributed by atoms with Crippen LogP contribution in [0.15, 0.2) is 18.3 Å². The van der Waals surface area contributed by atoms with Crippen molar-refractivity contribution in [1.29, 1.82) is 0 Å². The zero-order chi connectivity index (χ0) is 18.9. The maximum absolute atomic E-state index is 12.1. The predicted molar refractivity (Wildman–Crippen MR) is 101 cm³/mol. The molecule has 2 aliphatic rings. The van der Waals surface area contributed by atoms with Crippen LogP contribution in [-0.4, -0.2) is 53.4 Å². The maximum atomic E-state index is 12.1. The number of rotatable bonds is 5. The lowest BCUT2D eigenvalue weighted by atomic mass is 9.57. The molecule has 1 aromatic rings. The van der Waals surface area contributed by atoms with Crippen LogP contribution >= 0.6 is 11.6 Å². The molecule has 1 aliphatic carbocycles. The molecule has 2 heterocycles. The van der Waals surface area contributed by atoms with Crippen LogP contribution in [-0.2, 0) is 4.79 Å². The van der Waals surface area contributed by atoms with Gasteiger partial charge in [0.25, 0.3) is 5.91 Å². The van der Waals surface area contributed by atoms with E-state index in [2.05, 4.69) is 20.5 Å². The molecule has 1 aromatic heterocycles. The second-order valence-corrected chi connectivity index (χ2v) is 9.22. The van der Waals surface area contributed by atoms with Gasteiger partial charge in [0.2, 0.25) is 5.91 Å². The minimum atomic E-state index is -0.183. The first-order valence-electron chi connectivity index (χ1n) is 9.07. The highest BCUT2D eigenvalue weighted by Crippen LogP contribution is 2.51. The van der Waals surface area contributed by atoms with E-state index in [1.807, 2.05) is 20.8 Å². The summed E-state index contributed by atoms with van der Waals surface area (Å²) < 4.78 is 0. The number of hydrogen-bond donors (Lipinski definition) is 2. The lowest BCUT2D eigenvalue weighted by molar-refractivity contribution is -0.133. The van der Waals surface area contributed by atoms with Crippen molar-refractivity contribution in [2.75, 3.05) is 26.2 Å². The third-order valence-corrected chi connectivity index (χ3v) is 5.18. The van der Waals surface area contributed by atoms with E-state index in [1.165, 1.54) is 6.20 Å². The Bertz CT molecular complexity index is 687. The summed E-state index contributed by atoms with van der Waals surface area (Å²) in [5.41, 5.74) is 0.523. The smallest absolute Gasteiger partial charge is 0.269 e. The Labute approximate surface area is 159 Å². The summed E-state index contributed by atoms with van der Waals surface area (Å²) in [5.74, 6) is 0.413. The van der Waals surface area contributed by atoms with E-state index in [-0.39, 0.29) is 17.4 Å². The number of likely N-dealkylation sites (tertiary alicyclic amines) is 1. The summed E-state index contributed by atoms with van der Waals surface area (Å²) in [7, 11) is 0. The van der Waals surface area contributed by atoms with Gasteiger partial charge >= 0.3 is 0 Å². The van der Waals surface area contributed by atoms with E-state index in [1.54, 1.807) is 12.1 Å². The molecule has 1 saturated heterocycles. The Balaban J connectivity index is 1.34. The molecule has 2 N–H and O–H groups in total. The normalized spacial score (nSPS) is 19.5. The second kappa shape index (κ2) is 7.16. The summed E-state index contributed by atoms with van der Waals surface area (Å²) >= 11 is 5.89. The van der Waals surface area contributed by atoms with E-state index >= 15 is 0 Å². The first-order valence-corrected chi connectivity index (χ1v) is 9.45. The number of halogens is 1. The standard InChI is InChI=1S/C19H27ClN4O2/c1-18(2,3)23-16(25)10-24-11-19(12-24)7-13(8-19)9-22-17(26)15-6-14(20)4-5-21-15/h4-6,13H,7-12H2,1-3H3,(H,22,26)(H,23,25). The van der Waals surface area contributed by atoms with Gasteiger partial charge in [-0.2, -0.15) is 0 Å². The number of amides is 2. The molecule has 0 radical (unpaired) electrons. The van der Waals surface area contributed by atoms with Crippen LogP contribution in [0.3, 0.4) is 0 Å². The largest absolute Gasteiger partial charge is 0.350 e. The summed E-state index contributed by atoms with van der Waals surface area (Å²) in [5, 5.41) is 6.46. The van der Waals surface area contributed by atoms with Gasteiger partial charge in [-0.3, -0.25) is 19.5 Å². The monoisotopic (exact) mass is 378 g/mol. The Morgan fingerprint density at radius 2 is 2.04 bits per heavy atom. The van der Waals surface area contributed by atoms with Gasteiger partial charge in [-0.05, 0) is 57.1 Å². The predicted octanol–water partition coefficient (Wildman–Crippen LogP) is 2.09. The number of hydrogen-bond acceptors (Lipinski definition) is 4. The van der Waals surface area contributed by atoms with E-state index < -0.39 is 0 Å². The van der Waals surface area contributed by atoms with E-state index in [4.69, 9.17) is 11.6 Å². The summed E-state index contributed by atoms with van der Waals surface area (Å²) in [6.07, 6.45) is 3.75. The fourth-order valence-corrected chi connectivity index (χ4v) is 4.26. The molecule has 2 amide bonds. The van der Waals surface area contributed by atoms with E-state index in [9.17, 15) is 9.59 Å². The number of carbonyl (C=O) groups excluding carboxylic acids is 2. The minimum absolute atomic E-state index is 0.0875. The van der Waals surface area contributed by atoms with Crippen LogP contribution in [0.25, 0.3) is 0 Å². The fourth-order valence-electron chi connectivity index (χ4n) is 4.10. The number of nitrogens with one attached hydrogen (secondary N) is 2. The molecule has 3 rings (SSSR count). The molecular weight excluding hydrogens is 352 g/mol. The molecular formula is C19H27ClN4O2. The Morgan fingerprint density at radius 1 is 1.35 bits per heavy atom. The summed E-state index contributed by atoms with van der Waals surface area (Å²) in [6.45, 7) is 9.07. The number of nitrogens with zero attached hydrogens (tertiary/aromatic N) is 2. The average Bonchev–Trinajstić information content (AvgIpc) is 2.45. The van der Waals surface area contributed by atoms with Gasteiger partial charge < -0.3 is 10.6 Å². The van der Waals surface area contributed by atoms with Gasteiger partial charge in [-0.1, -0.05) is 11.6 Å². The SMILES string of the molecule is CC(C)(C)NC(=O)CN1CC2(CC(CNC(=O)c3cc(Cl)ccn3)C2)C1. The van der Waals surface area contributed by atoms with Crippen LogP contribution in [0.1, 0.15) is 44.1 Å². The van der Waals surface area contributed by atoms with Crippen LogP contribution in [0.4, 0.5) is 0 Å². The molecule has 6 nitrogen and oxygen atoms in total. The number of carbonyl (C=O) groups is 2. The molecule has 0 atom stereocenters. The third kappa shape index (κ3) is 4.74. The van der Waals surface area contributed by atoms with Crippen LogP contribution in [0.5, 0.6) is 0 Å². The van der Waals surface area contributed by atoms with Crippen molar-refractivity contribution in [3.63, 3.8) is 0 Å². The third-order valence-electron chi connectivity index (χ3n) is 4.95. The molecule has 0 aromatic carbocycles. The van der Waals surface area contributed by atoms with Crippen molar-refractivity contribution >= 4 is 23.4 Å². The molecule has 2 fully saturated rings. The van der Waals surface area contributed by atoms with Crippen molar-refractivity contribution < 1.29 is 9.59 Å².